The Kier molecular flexibility index (Phi) is 10.6. The zero-order valence-electron chi connectivity index (χ0n) is 21.3. The zero-order valence-corrected chi connectivity index (χ0v) is 21.3. The van der Waals surface area contributed by atoms with Crippen molar-refractivity contribution in [2.24, 2.45) is 5.92 Å². The summed E-state index contributed by atoms with van der Waals surface area (Å²) in [6, 6.07) is 26.0. The first-order chi connectivity index (χ1) is 17.4. The van der Waals surface area contributed by atoms with Crippen LogP contribution in [0.15, 0.2) is 91.3 Å². The number of aromatic nitrogens is 1. The Bertz CT molecular complexity index is 932. The van der Waals surface area contributed by atoms with Crippen LogP contribution in [-0.2, 0) is 6.42 Å². The first-order valence-electron chi connectivity index (χ1n) is 13.8. The van der Waals surface area contributed by atoms with Crippen molar-refractivity contribution in [2.45, 2.75) is 64.2 Å². The van der Waals surface area contributed by atoms with Crippen molar-refractivity contribution in [1.82, 2.24) is 9.88 Å². The number of nitrogens with zero attached hydrogens (tertiary/aromatic N) is 2. The van der Waals surface area contributed by atoms with Crippen LogP contribution in [-0.4, -0.2) is 29.5 Å². The topological polar surface area (TPSA) is 16.1 Å². The summed E-state index contributed by atoms with van der Waals surface area (Å²) >= 11 is 0. The minimum atomic E-state index is 0.674. The van der Waals surface area contributed by atoms with Crippen molar-refractivity contribution in [3.05, 3.63) is 108 Å². The number of rotatable bonds is 13. The van der Waals surface area contributed by atoms with Gasteiger partial charge in [0.1, 0.15) is 0 Å². The van der Waals surface area contributed by atoms with Crippen molar-refractivity contribution in [1.29, 1.82) is 0 Å². The van der Waals surface area contributed by atoms with Gasteiger partial charge in [0, 0.05) is 12.4 Å². The number of hydrogen-bond donors (Lipinski definition) is 0. The second-order valence-electron chi connectivity index (χ2n) is 10.1. The molecule has 0 bridgehead atoms. The average molecular weight is 467 g/mol. The maximum atomic E-state index is 4.21. The van der Waals surface area contributed by atoms with Crippen LogP contribution in [0.25, 0.3) is 5.57 Å². The predicted octanol–water partition coefficient (Wildman–Crippen LogP) is 8.20. The molecule has 0 atom stereocenters. The number of benzene rings is 2. The monoisotopic (exact) mass is 466 g/mol. The van der Waals surface area contributed by atoms with Gasteiger partial charge in [0.2, 0.25) is 0 Å². The molecule has 2 nitrogen and oxygen atoms in total. The Morgan fingerprint density at radius 3 is 1.91 bits per heavy atom. The molecular formula is C33H42N2. The van der Waals surface area contributed by atoms with E-state index < -0.39 is 0 Å². The number of aryl methyl sites for hydroxylation is 1. The molecule has 0 unspecified atom stereocenters. The first kappa shape index (κ1) is 25.4. The highest BCUT2D eigenvalue weighted by Crippen LogP contribution is 2.29. The molecule has 0 N–H and O–H groups in total. The number of pyridine rings is 1. The minimum absolute atomic E-state index is 0.674. The van der Waals surface area contributed by atoms with Crippen molar-refractivity contribution in [3.8, 4) is 0 Å². The Balaban J connectivity index is 1.11. The van der Waals surface area contributed by atoms with E-state index in [4.69, 9.17) is 0 Å². The third-order valence-electron chi connectivity index (χ3n) is 7.37. The van der Waals surface area contributed by atoms with Gasteiger partial charge in [0.05, 0.1) is 0 Å². The molecule has 0 radical (unpaired) electrons. The van der Waals surface area contributed by atoms with Gasteiger partial charge in [0.25, 0.3) is 0 Å². The Hall–Kier alpha value is -2.71. The molecule has 0 aliphatic carbocycles. The van der Waals surface area contributed by atoms with E-state index >= 15 is 0 Å². The largest absolute Gasteiger partial charge is 0.303 e. The summed E-state index contributed by atoms with van der Waals surface area (Å²) in [6.45, 7) is 3.76. The van der Waals surface area contributed by atoms with E-state index in [1.54, 1.807) is 0 Å². The Morgan fingerprint density at radius 2 is 1.31 bits per heavy atom. The van der Waals surface area contributed by atoms with Crippen LogP contribution < -0.4 is 0 Å². The molecule has 1 saturated heterocycles. The second kappa shape index (κ2) is 14.6. The van der Waals surface area contributed by atoms with Crippen molar-refractivity contribution < 1.29 is 0 Å². The lowest BCUT2D eigenvalue weighted by Gasteiger charge is -2.31. The van der Waals surface area contributed by atoms with E-state index in [-0.39, 0.29) is 0 Å². The third kappa shape index (κ3) is 8.78. The molecule has 4 rings (SSSR count). The molecule has 1 aliphatic rings. The normalized spacial score (nSPS) is 14.6. The second-order valence-corrected chi connectivity index (χ2v) is 10.1. The van der Waals surface area contributed by atoms with E-state index in [9.17, 15) is 0 Å². The van der Waals surface area contributed by atoms with E-state index in [1.807, 2.05) is 18.5 Å². The number of likely N-dealkylation sites (tertiary alicyclic amines) is 1. The van der Waals surface area contributed by atoms with E-state index in [0.29, 0.717) is 5.92 Å². The summed E-state index contributed by atoms with van der Waals surface area (Å²) in [5.41, 5.74) is 5.43. The molecular weight excluding hydrogens is 424 g/mol. The summed E-state index contributed by atoms with van der Waals surface area (Å²) < 4.78 is 0. The predicted molar refractivity (Wildman–Crippen MR) is 149 cm³/mol. The highest BCUT2D eigenvalue weighted by atomic mass is 15.1. The van der Waals surface area contributed by atoms with Crippen LogP contribution in [0.2, 0.25) is 0 Å². The quantitative estimate of drug-likeness (QED) is 0.236. The average Bonchev–Trinajstić information content (AvgIpc) is 2.93. The fraction of sp³-hybridized carbons (Fsp3) is 0.424. The summed E-state index contributed by atoms with van der Waals surface area (Å²) in [6.07, 6.45) is 19.7. The van der Waals surface area contributed by atoms with Gasteiger partial charge < -0.3 is 4.90 Å². The van der Waals surface area contributed by atoms with Crippen LogP contribution in [0.3, 0.4) is 0 Å². The molecule has 2 heterocycles. The van der Waals surface area contributed by atoms with Gasteiger partial charge >= 0.3 is 0 Å². The summed E-state index contributed by atoms with van der Waals surface area (Å²) in [5.74, 6) is 0.674. The van der Waals surface area contributed by atoms with E-state index in [1.165, 1.54) is 106 Å². The molecule has 0 spiro atoms. The maximum Gasteiger partial charge on any atom is 0.0299 e. The van der Waals surface area contributed by atoms with Gasteiger partial charge in [-0.05, 0) is 86.0 Å². The van der Waals surface area contributed by atoms with Gasteiger partial charge in [-0.15, -0.1) is 0 Å². The fourth-order valence-corrected chi connectivity index (χ4v) is 5.27. The lowest BCUT2D eigenvalue weighted by atomic mass is 9.89. The molecule has 0 amide bonds. The number of allylic oxidation sites excluding steroid dienone is 1. The smallest absolute Gasteiger partial charge is 0.0299 e. The van der Waals surface area contributed by atoms with Crippen LogP contribution in [0, 0.1) is 5.92 Å². The van der Waals surface area contributed by atoms with E-state index in [2.05, 4.69) is 82.7 Å². The van der Waals surface area contributed by atoms with Crippen LogP contribution >= 0.6 is 0 Å². The summed E-state index contributed by atoms with van der Waals surface area (Å²) in [4.78, 5) is 6.90. The van der Waals surface area contributed by atoms with E-state index in [0.717, 1.165) is 0 Å². The molecule has 1 aliphatic heterocycles. The summed E-state index contributed by atoms with van der Waals surface area (Å²) in [7, 11) is 0. The minimum Gasteiger partial charge on any atom is -0.303 e. The van der Waals surface area contributed by atoms with Crippen LogP contribution in [0.5, 0.6) is 0 Å². The van der Waals surface area contributed by atoms with Gasteiger partial charge in [-0.2, -0.15) is 0 Å². The molecule has 1 aromatic heterocycles. The van der Waals surface area contributed by atoms with Gasteiger partial charge in [-0.25, -0.2) is 0 Å². The number of piperidine rings is 1. The van der Waals surface area contributed by atoms with Crippen molar-refractivity contribution in [2.75, 3.05) is 19.6 Å². The van der Waals surface area contributed by atoms with Gasteiger partial charge in [-0.3, -0.25) is 4.98 Å². The molecule has 184 valence electrons. The highest BCUT2D eigenvalue weighted by molar-refractivity contribution is 5.79. The van der Waals surface area contributed by atoms with Crippen molar-refractivity contribution >= 4 is 5.57 Å². The maximum absolute atomic E-state index is 4.21. The third-order valence-corrected chi connectivity index (χ3v) is 7.37. The molecule has 35 heavy (non-hydrogen) atoms. The Labute approximate surface area is 213 Å². The summed E-state index contributed by atoms with van der Waals surface area (Å²) in [5, 5.41) is 0. The standard InChI is InChI=1S/C33H42N2/c1(2-4-8-15-30-16-14-23-34-28-30)3-5-13-24-35-25-21-29(22-26-35)27-33(31-17-9-6-10-18-31)32-19-11-7-12-20-32/h6-7,9-12,14,16-20,23,27-29H,1-5,8,13,15,21-22,24-26H2. The lowest BCUT2D eigenvalue weighted by molar-refractivity contribution is 0.199. The van der Waals surface area contributed by atoms with Gasteiger partial charge in [-0.1, -0.05) is 105 Å². The SMILES string of the molecule is C(=C(c1ccccc1)c1ccccc1)C1CCN(CCCCCCCCCc2cccnc2)CC1. The van der Waals surface area contributed by atoms with Crippen LogP contribution in [0.4, 0.5) is 0 Å². The first-order valence-corrected chi connectivity index (χ1v) is 13.8. The van der Waals surface area contributed by atoms with Crippen LogP contribution in [0.1, 0.15) is 74.5 Å². The number of hydrogen-bond acceptors (Lipinski definition) is 2. The molecule has 1 fully saturated rings. The lowest BCUT2D eigenvalue weighted by Crippen LogP contribution is -2.34. The molecule has 0 saturated carbocycles. The molecule has 2 aromatic carbocycles. The Morgan fingerprint density at radius 1 is 0.714 bits per heavy atom. The van der Waals surface area contributed by atoms with Gasteiger partial charge in [0.15, 0.2) is 0 Å². The zero-order chi connectivity index (χ0) is 24.0. The van der Waals surface area contributed by atoms with Crippen molar-refractivity contribution in [3.63, 3.8) is 0 Å². The number of unbranched alkanes of at least 4 members (excludes halogenated alkanes) is 6. The fourth-order valence-electron chi connectivity index (χ4n) is 5.27. The molecule has 2 heteroatoms. The molecule has 3 aromatic rings. The highest BCUT2D eigenvalue weighted by Gasteiger charge is 2.18.